The molecule has 0 heterocycles. The van der Waals surface area contributed by atoms with Crippen LogP contribution in [0.25, 0.3) is 0 Å². The van der Waals surface area contributed by atoms with E-state index in [1.54, 1.807) is 18.2 Å². The van der Waals surface area contributed by atoms with Crippen molar-refractivity contribution in [1.82, 2.24) is 4.90 Å². The van der Waals surface area contributed by atoms with E-state index in [9.17, 15) is 4.79 Å². The zero-order chi connectivity index (χ0) is 15.1. The van der Waals surface area contributed by atoms with Crippen LogP contribution in [0.5, 0.6) is 0 Å². The minimum absolute atomic E-state index is 0.0596. The molecule has 20 heavy (non-hydrogen) atoms. The molecule has 0 aliphatic carbocycles. The highest BCUT2D eigenvalue weighted by molar-refractivity contribution is 6.34. The highest BCUT2D eigenvalue weighted by Gasteiger charge is 2.18. The van der Waals surface area contributed by atoms with Gasteiger partial charge in [-0.15, -0.1) is 0 Å². The van der Waals surface area contributed by atoms with Gasteiger partial charge in [0, 0.05) is 5.69 Å². The molecular weight excluding hydrogens is 274 g/mol. The van der Waals surface area contributed by atoms with E-state index in [-0.39, 0.29) is 11.9 Å². The number of carbonyl (C=O) groups excluding carboxylic acids is 1. The van der Waals surface area contributed by atoms with Crippen LogP contribution in [-0.2, 0) is 4.79 Å². The second-order valence-electron chi connectivity index (χ2n) is 5.09. The summed E-state index contributed by atoms with van der Waals surface area (Å²) >= 11 is 6.05. The summed E-state index contributed by atoms with van der Waals surface area (Å²) in [5.41, 5.74) is 6.81. The van der Waals surface area contributed by atoms with E-state index in [1.165, 1.54) is 12.8 Å². The Morgan fingerprint density at radius 2 is 2.15 bits per heavy atom. The van der Waals surface area contributed by atoms with Gasteiger partial charge in [0.2, 0.25) is 5.91 Å². The molecular formula is C15H24ClN3O. The Hall–Kier alpha value is -1.26. The molecule has 0 radical (unpaired) electrons. The van der Waals surface area contributed by atoms with Gasteiger partial charge >= 0.3 is 0 Å². The van der Waals surface area contributed by atoms with E-state index in [4.69, 9.17) is 17.3 Å². The summed E-state index contributed by atoms with van der Waals surface area (Å²) in [6, 6.07) is 4.88. The molecule has 1 amide bonds. The first-order chi connectivity index (χ1) is 9.45. The minimum Gasteiger partial charge on any atom is -0.399 e. The number of carbonyl (C=O) groups is 1. The van der Waals surface area contributed by atoms with Gasteiger partial charge in [-0.25, -0.2) is 0 Å². The standard InChI is InChI=1S/C15H24ClN3O/c1-4-5-6-9-19(3)11(2)15(20)18-14-8-7-12(17)10-13(14)16/h7-8,10-11H,4-6,9,17H2,1-3H3,(H,18,20). The Kier molecular flexibility index (Phi) is 6.82. The van der Waals surface area contributed by atoms with Crippen molar-refractivity contribution in [3.63, 3.8) is 0 Å². The number of hydrogen-bond acceptors (Lipinski definition) is 3. The predicted molar refractivity (Wildman–Crippen MR) is 86.1 cm³/mol. The lowest BCUT2D eigenvalue weighted by molar-refractivity contribution is -0.120. The normalized spacial score (nSPS) is 12.4. The van der Waals surface area contributed by atoms with E-state index in [2.05, 4.69) is 17.1 Å². The summed E-state index contributed by atoms with van der Waals surface area (Å²) in [5, 5.41) is 3.30. The number of amides is 1. The number of unbranched alkanes of at least 4 members (excludes halogenated alkanes) is 2. The molecule has 0 aromatic heterocycles. The molecule has 0 bridgehead atoms. The van der Waals surface area contributed by atoms with Crippen LogP contribution in [0.1, 0.15) is 33.1 Å². The number of nitrogen functional groups attached to an aromatic ring is 1. The fourth-order valence-corrected chi connectivity index (χ4v) is 2.11. The SMILES string of the molecule is CCCCCN(C)C(C)C(=O)Nc1ccc(N)cc1Cl. The van der Waals surface area contributed by atoms with Crippen LogP contribution in [0.15, 0.2) is 18.2 Å². The molecule has 0 aliphatic rings. The molecule has 1 unspecified atom stereocenters. The lowest BCUT2D eigenvalue weighted by Crippen LogP contribution is -2.40. The average Bonchev–Trinajstić information content (AvgIpc) is 2.41. The Balaban J connectivity index is 2.56. The summed E-state index contributed by atoms with van der Waals surface area (Å²) in [6.45, 7) is 4.98. The highest BCUT2D eigenvalue weighted by Crippen LogP contribution is 2.24. The quantitative estimate of drug-likeness (QED) is 0.599. The third-order valence-corrected chi connectivity index (χ3v) is 3.72. The first kappa shape index (κ1) is 16.8. The van der Waals surface area contributed by atoms with Gasteiger partial charge in [-0.05, 0) is 45.1 Å². The molecule has 1 atom stereocenters. The maximum Gasteiger partial charge on any atom is 0.241 e. The van der Waals surface area contributed by atoms with Gasteiger partial charge in [0.15, 0.2) is 0 Å². The van der Waals surface area contributed by atoms with Gasteiger partial charge in [0.05, 0.1) is 16.8 Å². The van der Waals surface area contributed by atoms with Gasteiger partial charge in [-0.3, -0.25) is 9.69 Å². The van der Waals surface area contributed by atoms with E-state index >= 15 is 0 Å². The summed E-state index contributed by atoms with van der Waals surface area (Å²) < 4.78 is 0. The Labute approximate surface area is 126 Å². The molecule has 3 N–H and O–H groups in total. The second-order valence-corrected chi connectivity index (χ2v) is 5.50. The summed E-state index contributed by atoms with van der Waals surface area (Å²) in [6.07, 6.45) is 3.46. The topological polar surface area (TPSA) is 58.4 Å². The number of nitrogens with two attached hydrogens (primary N) is 1. The number of likely N-dealkylation sites (N-methyl/N-ethyl adjacent to an activating group) is 1. The van der Waals surface area contributed by atoms with Crippen molar-refractivity contribution in [2.75, 3.05) is 24.6 Å². The third kappa shape index (κ3) is 5.02. The van der Waals surface area contributed by atoms with Gasteiger partial charge in [-0.2, -0.15) is 0 Å². The van der Waals surface area contributed by atoms with Crippen LogP contribution < -0.4 is 11.1 Å². The van der Waals surface area contributed by atoms with Crippen LogP contribution in [-0.4, -0.2) is 30.4 Å². The number of anilines is 2. The van der Waals surface area contributed by atoms with E-state index in [1.807, 2.05) is 14.0 Å². The largest absolute Gasteiger partial charge is 0.399 e. The van der Waals surface area contributed by atoms with Crippen molar-refractivity contribution in [2.45, 2.75) is 39.2 Å². The number of hydrogen-bond donors (Lipinski definition) is 2. The van der Waals surface area contributed by atoms with Crippen molar-refractivity contribution >= 4 is 28.9 Å². The molecule has 1 aromatic rings. The van der Waals surface area contributed by atoms with Crippen molar-refractivity contribution < 1.29 is 4.79 Å². The number of halogens is 1. The third-order valence-electron chi connectivity index (χ3n) is 3.41. The number of benzene rings is 1. The lowest BCUT2D eigenvalue weighted by Gasteiger charge is -2.24. The summed E-state index contributed by atoms with van der Waals surface area (Å²) in [4.78, 5) is 14.2. The van der Waals surface area contributed by atoms with Crippen LogP contribution >= 0.6 is 11.6 Å². The lowest BCUT2D eigenvalue weighted by atomic mass is 10.2. The summed E-state index contributed by atoms with van der Waals surface area (Å²) in [7, 11) is 1.96. The van der Waals surface area contributed by atoms with Crippen molar-refractivity contribution in [1.29, 1.82) is 0 Å². The molecule has 0 fully saturated rings. The van der Waals surface area contributed by atoms with E-state index < -0.39 is 0 Å². The van der Waals surface area contributed by atoms with Crippen molar-refractivity contribution in [3.8, 4) is 0 Å². The summed E-state index contributed by atoms with van der Waals surface area (Å²) in [5.74, 6) is -0.0596. The first-order valence-electron chi connectivity index (χ1n) is 7.01. The van der Waals surface area contributed by atoms with E-state index in [0.717, 1.165) is 13.0 Å². The monoisotopic (exact) mass is 297 g/mol. The molecule has 112 valence electrons. The average molecular weight is 298 g/mol. The van der Waals surface area contributed by atoms with Crippen LogP contribution in [0.4, 0.5) is 11.4 Å². The van der Waals surface area contributed by atoms with Gasteiger partial charge in [-0.1, -0.05) is 31.4 Å². The van der Waals surface area contributed by atoms with Gasteiger partial charge in [0.1, 0.15) is 0 Å². The minimum atomic E-state index is -0.194. The van der Waals surface area contributed by atoms with Crippen LogP contribution in [0.2, 0.25) is 5.02 Å². The van der Waals surface area contributed by atoms with Crippen LogP contribution in [0.3, 0.4) is 0 Å². The molecule has 0 aliphatic heterocycles. The first-order valence-corrected chi connectivity index (χ1v) is 7.39. The molecule has 4 nitrogen and oxygen atoms in total. The zero-order valence-electron chi connectivity index (χ0n) is 12.4. The predicted octanol–water partition coefficient (Wildman–Crippen LogP) is 3.37. The number of rotatable bonds is 7. The van der Waals surface area contributed by atoms with Crippen molar-refractivity contribution in [3.05, 3.63) is 23.2 Å². The maximum absolute atomic E-state index is 12.2. The molecule has 0 saturated carbocycles. The smallest absolute Gasteiger partial charge is 0.241 e. The maximum atomic E-state index is 12.2. The molecule has 1 rings (SSSR count). The molecule has 5 heteroatoms. The highest BCUT2D eigenvalue weighted by atomic mass is 35.5. The molecule has 0 saturated heterocycles. The Bertz CT molecular complexity index is 451. The van der Waals surface area contributed by atoms with Gasteiger partial charge in [0.25, 0.3) is 0 Å². The Morgan fingerprint density at radius 3 is 2.75 bits per heavy atom. The Morgan fingerprint density at radius 1 is 1.45 bits per heavy atom. The van der Waals surface area contributed by atoms with Crippen LogP contribution in [0, 0.1) is 0 Å². The number of nitrogens with zero attached hydrogens (tertiary/aromatic N) is 1. The molecule has 0 spiro atoms. The number of nitrogens with one attached hydrogen (secondary N) is 1. The fourth-order valence-electron chi connectivity index (χ4n) is 1.87. The zero-order valence-corrected chi connectivity index (χ0v) is 13.2. The van der Waals surface area contributed by atoms with Gasteiger partial charge < -0.3 is 11.1 Å². The van der Waals surface area contributed by atoms with Crippen molar-refractivity contribution in [2.24, 2.45) is 0 Å². The van der Waals surface area contributed by atoms with E-state index in [0.29, 0.717) is 16.4 Å². The fraction of sp³-hybridized carbons (Fsp3) is 0.533. The second kappa shape index (κ2) is 8.12. The molecule has 1 aromatic carbocycles.